The molecule has 0 N–H and O–H groups in total. The summed E-state index contributed by atoms with van der Waals surface area (Å²) in [5, 5.41) is 0. The summed E-state index contributed by atoms with van der Waals surface area (Å²) in [5.74, 6) is 3.09. The molecule has 0 radical (unpaired) electrons. The van der Waals surface area contributed by atoms with Gasteiger partial charge in [-0.1, -0.05) is 62.4 Å². The molecule has 3 heteroatoms. The minimum absolute atomic E-state index is 0.0527. The number of benzene rings is 1. The lowest BCUT2D eigenvalue weighted by Crippen LogP contribution is -2.27. The Kier molecular flexibility index (Phi) is 5.68. The Morgan fingerprint density at radius 1 is 1.19 bits per heavy atom. The predicted molar refractivity (Wildman–Crippen MR) is 83.5 cm³/mol. The number of amides is 1. The van der Waals surface area contributed by atoms with E-state index >= 15 is 0 Å². The molecule has 1 amide bonds. The summed E-state index contributed by atoms with van der Waals surface area (Å²) in [7, 11) is 0. The fraction of sp³-hybridized carbons (Fsp3) is 0.500. The van der Waals surface area contributed by atoms with Gasteiger partial charge >= 0.3 is 6.09 Å². The first-order valence-electron chi connectivity index (χ1n) is 7.77. The summed E-state index contributed by atoms with van der Waals surface area (Å²) < 4.78 is 5.45. The highest BCUT2D eigenvalue weighted by Gasteiger charge is 2.39. The van der Waals surface area contributed by atoms with Crippen molar-refractivity contribution in [3.63, 3.8) is 0 Å². The second kappa shape index (κ2) is 7.73. The summed E-state index contributed by atoms with van der Waals surface area (Å²) in [4.78, 5) is 13.5. The van der Waals surface area contributed by atoms with E-state index in [2.05, 4.69) is 18.9 Å². The van der Waals surface area contributed by atoms with Crippen LogP contribution in [0.1, 0.15) is 57.6 Å². The molecule has 1 aromatic carbocycles. The number of carbonyl (C=O) groups is 1. The molecule has 0 spiro atoms. The Hall–Kier alpha value is -1.95. The molecule has 1 aromatic rings. The minimum atomic E-state index is -0.336. The lowest BCUT2D eigenvalue weighted by atomic mass is 10.0. The highest BCUT2D eigenvalue weighted by atomic mass is 16.6. The molecule has 1 saturated heterocycles. The molecule has 21 heavy (non-hydrogen) atoms. The van der Waals surface area contributed by atoms with Gasteiger partial charge < -0.3 is 4.74 Å². The summed E-state index contributed by atoms with van der Waals surface area (Å²) in [5.41, 5.74) is 1.02. The van der Waals surface area contributed by atoms with Crippen molar-refractivity contribution in [3.05, 3.63) is 35.9 Å². The van der Waals surface area contributed by atoms with Gasteiger partial charge in [0, 0.05) is 12.5 Å². The molecule has 0 unspecified atom stereocenters. The van der Waals surface area contributed by atoms with E-state index < -0.39 is 0 Å². The number of nitrogens with zero attached hydrogens (tertiary/aromatic N) is 1. The van der Waals surface area contributed by atoms with Gasteiger partial charge in [-0.15, -0.1) is 0 Å². The van der Waals surface area contributed by atoms with Crippen molar-refractivity contribution in [3.8, 4) is 12.0 Å². The van der Waals surface area contributed by atoms with E-state index in [1.165, 1.54) is 24.2 Å². The third-order valence-electron chi connectivity index (χ3n) is 3.75. The molecule has 0 aromatic heterocycles. The largest absolute Gasteiger partial charge is 0.438 e. The van der Waals surface area contributed by atoms with Crippen LogP contribution < -0.4 is 0 Å². The van der Waals surface area contributed by atoms with Gasteiger partial charge in [-0.25, -0.2) is 9.69 Å². The zero-order valence-corrected chi connectivity index (χ0v) is 12.8. The average Bonchev–Trinajstić information content (AvgIpc) is 2.79. The van der Waals surface area contributed by atoms with Gasteiger partial charge in [0.25, 0.3) is 0 Å². The van der Waals surface area contributed by atoms with Gasteiger partial charge in [0.05, 0.1) is 6.04 Å². The summed E-state index contributed by atoms with van der Waals surface area (Å²) in [6, 6.07) is 12.7. The number of cyclic esters (lactones) is 1. The molecule has 2 rings (SSSR count). The van der Waals surface area contributed by atoms with Crippen molar-refractivity contribution in [2.45, 2.75) is 58.1 Å². The van der Waals surface area contributed by atoms with Crippen LogP contribution in [0.2, 0.25) is 0 Å². The van der Waals surface area contributed by atoms with E-state index in [1.807, 2.05) is 37.3 Å². The van der Waals surface area contributed by atoms with Gasteiger partial charge in [-0.05, 0) is 18.9 Å². The normalized spacial score (nSPS) is 20.9. The number of ether oxygens (including phenoxy) is 1. The Bertz CT molecular complexity index is 515. The SMILES string of the molecule is CCCCCCC#CN1C(=O)O[C@@H](c2ccccc2)[C@H]1C. The maximum Gasteiger partial charge on any atom is 0.422 e. The number of unbranched alkanes of at least 4 members (excludes halogenated alkanes) is 4. The first-order chi connectivity index (χ1) is 10.2. The third kappa shape index (κ3) is 4.01. The molecule has 1 fully saturated rings. The van der Waals surface area contributed by atoms with Crippen molar-refractivity contribution in [2.75, 3.05) is 0 Å². The van der Waals surface area contributed by atoms with Gasteiger partial charge in [0.15, 0.2) is 6.10 Å². The van der Waals surface area contributed by atoms with Crippen LogP contribution in [-0.4, -0.2) is 17.0 Å². The van der Waals surface area contributed by atoms with E-state index in [1.54, 1.807) is 0 Å². The Morgan fingerprint density at radius 3 is 2.67 bits per heavy atom. The summed E-state index contributed by atoms with van der Waals surface area (Å²) in [6.07, 6.45) is 5.05. The van der Waals surface area contributed by atoms with Crippen LogP contribution in [0, 0.1) is 12.0 Å². The van der Waals surface area contributed by atoms with Crippen LogP contribution in [0.15, 0.2) is 30.3 Å². The third-order valence-corrected chi connectivity index (χ3v) is 3.75. The number of carbonyl (C=O) groups excluding carboxylic acids is 1. The topological polar surface area (TPSA) is 29.5 Å². The second-order valence-corrected chi connectivity index (χ2v) is 5.42. The smallest absolute Gasteiger partial charge is 0.422 e. The molecule has 0 bridgehead atoms. The van der Waals surface area contributed by atoms with Crippen LogP contribution in [-0.2, 0) is 4.74 Å². The predicted octanol–water partition coefficient (Wildman–Crippen LogP) is 4.50. The van der Waals surface area contributed by atoms with Crippen LogP contribution in [0.4, 0.5) is 4.79 Å². The zero-order chi connectivity index (χ0) is 15.1. The molecule has 1 aliphatic heterocycles. The van der Waals surface area contributed by atoms with Crippen LogP contribution in [0.3, 0.4) is 0 Å². The van der Waals surface area contributed by atoms with Gasteiger partial charge in [0.2, 0.25) is 0 Å². The number of rotatable bonds is 5. The Balaban J connectivity index is 1.93. The van der Waals surface area contributed by atoms with Crippen LogP contribution in [0.25, 0.3) is 0 Å². The first kappa shape index (κ1) is 15.4. The van der Waals surface area contributed by atoms with Gasteiger partial charge in [0.1, 0.15) is 0 Å². The van der Waals surface area contributed by atoms with Crippen LogP contribution >= 0.6 is 0 Å². The van der Waals surface area contributed by atoms with Crippen molar-refractivity contribution >= 4 is 6.09 Å². The number of hydrogen-bond acceptors (Lipinski definition) is 2. The lowest BCUT2D eigenvalue weighted by Gasteiger charge is -2.15. The van der Waals surface area contributed by atoms with E-state index in [9.17, 15) is 4.79 Å². The summed E-state index contributed by atoms with van der Waals surface area (Å²) >= 11 is 0. The highest BCUT2D eigenvalue weighted by molar-refractivity contribution is 5.73. The Labute approximate surface area is 127 Å². The van der Waals surface area contributed by atoms with E-state index in [0.717, 1.165) is 18.4 Å². The quantitative estimate of drug-likeness (QED) is 0.589. The van der Waals surface area contributed by atoms with Crippen molar-refractivity contribution in [2.24, 2.45) is 0 Å². The second-order valence-electron chi connectivity index (χ2n) is 5.42. The highest BCUT2D eigenvalue weighted by Crippen LogP contribution is 2.31. The fourth-order valence-corrected chi connectivity index (χ4v) is 2.48. The minimum Gasteiger partial charge on any atom is -0.438 e. The maximum absolute atomic E-state index is 11.9. The number of hydrogen-bond donors (Lipinski definition) is 0. The lowest BCUT2D eigenvalue weighted by molar-refractivity contribution is 0.132. The monoisotopic (exact) mass is 285 g/mol. The molecule has 2 atom stereocenters. The maximum atomic E-state index is 11.9. The molecular weight excluding hydrogens is 262 g/mol. The Morgan fingerprint density at radius 2 is 1.95 bits per heavy atom. The molecule has 112 valence electrons. The summed E-state index contributed by atoms with van der Waals surface area (Å²) in [6.45, 7) is 4.17. The van der Waals surface area contributed by atoms with Crippen molar-refractivity contribution in [1.29, 1.82) is 0 Å². The molecular formula is C18H23NO2. The molecule has 0 saturated carbocycles. The van der Waals surface area contributed by atoms with Gasteiger partial charge in [-0.3, -0.25) is 0 Å². The van der Waals surface area contributed by atoms with E-state index in [-0.39, 0.29) is 18.2 Å². The van der Waals surface area contributed by atoms with Crippen molar-refractivity contribution < 1.29 is 9.53 Å². The van der Waals surface area contributed by atoms with E-state index in [0.29, 0.717) is 0 Å². The molecule has 1 heterocycles. The van der Waals surface area contributed by atoms with E-state index in [4.69, 9.17) is 4.74 Å². The average molecular weight is 285 g/mol. The zero-order valence-electron chi connectivity index (χ0n) is 12.8. The molecule has 3 nitrogen and oxygen atoms in total. The standard InChI is InChI=1S/C18H23NO2/c1-3-4-5-6-7-11-14-19-15(2)17(21-18(19)20)16-12-9-8-10-13-16/h8-10,12-13,15,17H,3-7H2,1-2H3/t15-,17-/m1/s1. The van der Waals surface area contributed by atoms with Crippen LogP contribution in [0.5, 0.6) is 0 Å². The molecule has 1 aliphatic rings. The fourth-order valence-electron chi connectivity index (χ4n) is 2.48. The van der Waals surface area contributed by atoms with Gasteiger partial charge in [-0.2, -0.15) is 0 Å². The molecule has 0 aliphatic carbocycles. The van der Waals surface area contributed by atoms with Crippen molar-refractivity contribution in [1.82, 2.24) is 4.90 Å². The first-order valence-corrected chi connectivity index (χ1v) is 7.77.